The minimum Gasteiger partial charge on any atom is -0.308 e. The first kappa shape index (κ1) is 32.8. The molecule has 1 saturated carbocycles. The van der Waals surface area contributed by atoms with E-state index in [0.29, 0.717) is 0 Å². The number of benzene rings is 5. The van der Waals surface area contributed by atoms with E-state index >= 15 is 0 Å². The maximum atomic E-state index is 9.73. The average molecular weight is 868 g/mol. The van der Waals surface area contributed by atoms with E-state index in [-0.39, 0.29) is 26.5 Å². The third-order valence-electron chi connectivity index (χ3n) is 11.9. The predicted octanol–water partition coefficient (Wildman–Crippen LogP) is 12.7. The van der Waals surface area contributed by atoms with Gasteiger partial charge in [0.25, 0.3) is 0 Å². The molecule has 0 atom stereocenters. The number of fused-ring (bicyclic) bond motifs is 8. The van der Waals surface area contributed by atoms with Gasteiger partial charge in [-0.15, -0.1) is 59.7 Å². The van der Waals surface area contributed by atoms with Crippen molar-refractivity contribution in [2.75, 3.05) is 0 Å². The fourth-order valence-corrected chi connectivity index (χ4v) is 8.75. The summed E-state index contributed by atoms with van der Waals surface area (Å²) in [5, 5.41) is 7.45. The van der Waals surface area contributed by atoms with E-state index in [1.807, 2.05) is 18.2 Å². The Morgan fingerprint density at radius 3 is 2.26 bits per heavy atom. The number of pyridine rings is 2. The summed E-state index contributed by atoms with van der Waals surface area (Å²) in [6.07, 6.45) is 3.76. The normalized spacial score (nSPS) is 16.0. The molecule has 4 heteroatoms. The van der Waals surface area contributed by atoms with Crippen molar-refractivity contribution in [3.8, 4) is 22.5 Å². The number of hydrogen-bond acceptors (Lipinski definition) is 2. The molecule has 0 spiro atoms. The molecule has 4 heterocycles. The zero-order valence-electron chi connectivity index (χ0n) is 31.5. The minimum absolute atomic E-state index is 0. The topological polar surface area (TPSA) is 30.2 Å². The third kappa shape index (κ3) is 5.42. The Balaban J connectivity index is 0.00000384. The van der Waals surface area contributed by atoms with Crippen LogP contribution in [0.1, 0.15) is 77.6 Å². The molecule has 1 aliphatic rings. The maximum Gasteiger partial charge on any atom is 2.00 e. The molecule has 4 aromatic heterocycles. The summed E-state index contributed by atoms with van der Waals surface area (Å²) in [6, 6.07) is 49.9. The van der Waals surface area contributed by atoms with E-state index in [4.69, 9.17) is 9.97 Å². The van der Waals surface area contributed by atoms with Crippen LogP contribution in [0.5, 0.6) is 0 Å². The van der Waals surface area contributed by atoms with Gasteiger partial charge >= 0.3 is 21.1 Å². The van der Waals surface area contributed by atoms with Crippen LogP contribution in [0.3, 0.4) is 0 Å². The van der Waals surface area contributed by atoms with E-state index in [1.54, 1.807) is 0 Å². The summed E-state index contributed by atoms with van der Waals surface area (Å²) in [5.74, 6) is -0.655. The molecule has 5 aromatic carbocycles. The van der Waals surface area contributed by atoms with Crippen LogP contribution in [-0.4, -0.2) is 14.4 Å². The average Bonchev–Trinajstić information content (AvgIpc) is 3.72. The second-order valence-corrected chi connectivity index (χ2v) is 16.0. The Bertz CT molecular complexity index is 2860. The van der Waals surface area contributed by atoms with Gasteiger partial charge in [0.1, 0.15) is 0 Å². The van der Waals surface area contributed by atoms with E-state index < -0.39 is 11.3 Å². The third-order valence-corrected chi connectivity index (χ3v) is 11.9. The quantitative estimate of drug-likeness (QED) is 0.161. The van der Waals surface area contributed by atoms with E-state index in [2.05, 4.69) is 147 Å². The molecule has 0 radical (unpaired) electrons. The Kier molecular flexibility index (Phi) is 7.81. The first-order chi connectivity index (χ1) is 25.6. The fourth-order valence-electron chi connectivity index (χ4n) is 8.75. The molecule has 0 amide bonds. The van der Waals surface area contributed by atoms with Gasteiger partial charge in [-0.25, -0.2) is 0 Å². The van der Waals surface area contributed by atoms with Crippen molar-refractivity contribution in [2.24, 2.45) is 5.41 Å². The van der Waals surface area contributed by atoms with Crippen LogP contribution in [-0.2, 0) is 26.5 Å². The van der Waals surface area contributed by atoms with Gasteiger partial charge in [-0.3, -0.25) is 0 Å². The zero-order chi connectivity index (χ0) is 36.1. The molecule has 1 aliphatic carbocycles. The zero-order valence-corrected chi connectivity index (χ0v) is 32.8. The van der Waals surface area contributed by atoms with Crippen LogP contribution >= 0.6 is 0 Å². The van der Waals surface area contributed by atoms with E-state index in [9.17, 15) is 1.37 Å². The van der Waals surface area contributed by atoms with Crippen molar-refractivity contribution in [2.45, 2.75) is 64.7 Å². The molecule has 0 aliphatic heterocycles. The summed E-state index contributed by atoms with van der Waals surface area (Å²) in [7, 11) is 0. The van der Waals surface area contributed by atoms with Crippen LogP contribution in [0.4, 0.5) is 0 Å². The molecule has 3 nitrogen and oxygen atoms in total. The molecule has 9 aromatic rings. The number of hydrogen-bond donors (Lipinski definition) is 0. The van der Waals surface area contributed by atoms with Gasteiger partial charge in [0, 0.05) is 34.3 Å². The summed E-state index contributed by atoms with van der Waals surface area (Å²) in [6.45, 7) is 9.09. The summed E-state index contributed by atoms with van der Waals surface area (Å²) < 4.78 is 12.2. The molecule has 0 unspecified atom stereocenters. The molecular weight excluding hydrogens is 826 g/mol. The first-order valence-corrected chi connectivity index (χ1v) is 18.6. The SMILES string of the molecule is [2H]C1(c2cc(-c3[c-]cccc3)nc(C(C)(C)c3cccc(-c4[c-]ccc5c4ccc4c5c5cccc6c7ccccc7n4c65)n3)c2)CCC(C)(C)CC1.[Pt+2]. The molecule has 0 N–H and O–H groups in total. The van der Waals surface area contributed by atoms with Gasteiger partial charge in [-0.05, 0) is 91.9 Å². The van der Waals surface area contributed by atoms with E-state index in [1.165, 1.54) is 43.5 Å². The van der Waals surface area contributed by atoms with Gasteiger partial charge in [-0.1, -0.05) is 90.8 Å². The Hall–Kier alpha value is -4.85. The van der Waals surface area contributed by atoms with Gasteiger partial charge < -0.3 is 14.4 Å². The summed E-state index contributed by atoms with van der Waals surface area (Å²) >= 11 is 0. The van der Waals surface area contributed by atoms with Crippen molar-refractivity contribution in [1.82, 2.24) is 14.4 Å². The van der Waals surface area contributed by atoms with Crippen LogP contribution in [0, 0.1) is 17.5 Å². The molecule has 262 valence electrons. The minimum atomic E-state index is -0.655. The van der Waals surface area contributed by atoms with Gasteiger partial charge in [-0.2, -0.15) is 0 Å². The second-order valence-electron chi connectivity index (χ2n) is 16.0. The Labute approximate surface area is 327 Å². The Morgan fingerprint density at radius 2 is 1.43 bits per heavy atom. The van der Waals surface area contributed by atoms with Crippen molar-refractivity contribution in [1.29, 1.82) is 0 Å². The molecule has 0 bridgehead atoms. The maximum absolute atomic E-state index is 9.73. The second kappa shape index (κ2) is 12.6. The first-order valence-electron chi connectivity index (χ1n) is 19.1. The fraction of sp³-hybridized carbons (Fsp3) is 0.224. The van der Waals surface area contributed by atoms with Gasteiger partial charge in [0.05, 0.1) is 16.6 Å². The summed E-state index contributed by atoms with van der Waals surface area (Å²) in [4.78, 5) is 10.7. The Morgan fingerprint density at radius 1 is 0.679 bits per heavy atom. The largest absolute Gasteiger partial charge is 2.00 e. The number of rotatable bonds is 5. The van der Waals surface area contributed by atoms with Crippen molar-refractivity contribution in [3.05, 3.63) is 150 Å². The smallest absolute Gasteiger partial charge is 0.308 e. The molecule has 0 saturated heterocycles. The van der Waals surface area contributed by atoms with Crippen molar-refractivity contribution in [3.63, 3.8) is 0 Å². The molecular formula is C49H41N3Pt. The predicted molar refractivity (Wildman–Crippen MR) is 216 cm³/mol. The number of para-hydroxylation sites is 2. The van der Waals surface area contributed by atoms with Crippen LogP contribution < -0.4 is 0 Å². The van der Waals surface area contributed by atoms with Crippen molar-refractivity contribution >= 4 is 48.9 Å². The van der Waals surface area contributed by atoms with Crippen molar-refractivity contribution < 1.29 is 22.4 Å². The number of nitrogens with zero attached hydrogens (tertiary/aromatic N) is 3. The van der Waals surface area contributed by atoms with Gasteiger partial charge in [0.2, 0.25) is 0 Å². The van der Waals surface area contributed by atoms with Crippen LogP contribution in [0.15, 0.2) is 121 Å². The molecule has 53 heavy (non-hydrogen) atoms. The van der Waals surface area contributed by atoms with Gasteiger partial charge in [0.15, 0.2) is 0 Å². The summed E-state index contributed by atoms with van der Waals surface area (Å²) in [5.41, 5.74) is 10.1. The molecule has 1 fully saturated rings. The standard InChI is InChI=1S/C49H41N3.Pt/c1-48(2)27-25-31(26-28-48)33-29-41(32-13-6-5-7-14-32)51-45(30-33)49(3,4)44-22-12-20-40(50-44)35-16-10-17-37-34(35)23-24-43-46(37)39-19-11-18-38-36-15-8-9-21-42(36)52(43)47(38)39;/h5-13,15,17-24,29-31H,25-28H2,1-4H3;/q-2;+2/i31D;. The van der Waals surface area contributed by atoms with Crippen LogP contribution in [0.25, 0.3) is 71.4 Å². The number of aromatic nitrogens is 3. The molecule has 10 rings (SSSR count). The van der Waals surface area contributed by atoms with E-state index in [0.717, 1.165) is 70.5 Å². The van der Waals surface area contributed by atoms with Crippen LogP contribution in [0.2, 0.25) is 0 Å². The monoisotopic (exact) mass is 867 g/mol.